The number of hydrogen-bond donors (Lipinski definition) is 1. The van der Waals surface area contributed by atoms with Crippen LogP contribution in [0, 0.1) is 26.5 Å². The van der Waals surface area contributed by atoms with Crippen molar-refractivity contribution in [3.8, 4) is 11.4 Å². The number of nitrogens with zero attached hydrogens (tertiary/aromatic N) is 4. The number of likely N-dealkylation sites (tertiary alicyclic amines) is 1. The Morgan fingerprint density at radius 3 is 2.03 bits per heavy atom. The first-order chi connectivity index (χ1) is 14.9. The Morgan fingerprint density at radius 1 is 0.971 bits per heavy atom. The molecule has 0 radical (unpaired) electrons. The van der Waals surface area contributed by atoms with Gasteiger partial charge in [0.25, 0.3) is 5.91 Å². The van der Waals surface area contributed by atoms with Gasteiger partial charge in [-0.15, -0.1) is 0 Å². The van der Waals surface area contributed by atoms with Crippen LogP contribution in [0.15, 0.2) is 48.5 Å². The van der Waals surface area contributed by atoms with Crippen LogP contribution in [-0.2, 0) is 0 Å². The van der Waals surface area contributed by atoms with Crippen molar-refractivity contribution in [1.82, 2.24) is 25.0 Å². The summed E-state index contributed by atoms with van der Waals surface area (Å²) < 4.78 is 35.9. The van der Waals surface area contributed by atoms with Crippen LogP contribution in [0.3, 0.4) is 0 Å². The molecule has 1 aliphatic heterocycles. The Hall–Kier alpha value is -4.20. The molecule has 2 heterocycles. The van der Waals surface area contributed by atoms with Crippen molar-refractivity contribution in [2.75, 3.05) is 34.4 Å². The molecule has 4 rings (SSSR count). The summed E-state index contributed by atoms with van der Waals surface area (Å²) in [7, 11) is 4.44. The van der Waals surface area contributed by atoms with Gasteiger partial charge in [-0.1, -0.05) is 12.1 Å². The van der Waals surface area contributed by atoms with Gasteiger partial charge in [-0.05, 0) is 56.1 Å². The molecule has 1 fully saturated rings. The molecular weight excluding hydrogens is 688 g/mol. The monoisotopic (exact) mass is 718 g/mol. The SMILES string of the molecule is CF.CN(C)C1CN(C(=O)c2nc(-c3ccc(F)cc3)n[nH]2)CC1c1ccc(F)cc1.[CH3-].[CH3-].[Fm]. The van der Waals surface area contributed by atoms with Crippen molar-refractivity contribution < 1.29 is 18.0 Å². The van der Waals surface area contributed by atoms with E-state index < -0.39 is 0 Å². The minimum absolute atomic E-state index is 0. The number of halogens is 3. The summed E-state index contributed by atoms with van der Waals surface area (Å²) in [6.07, 6.45) is 0. The number of likely N-dealkylation sites (N-methyl/N-ethyl adjacent to an activating group) is 1. The Bertz CT molecular complexity index is 1010. The van der Waals surface area contributed by atoms with Gasteiger partial charge < -0.3 is 24.7 Å². The predicted octanol–water partition coefficient (Wildman–Crippen LogP) is 4.41. The van der Waals surface area contributed by atoms with Crippen LogP contribution in [0.25, 0.3) is 11.4 Å². The van der Waals surface area contributed by atoms with Crippen molar-refractivity contribution in [1.29, 1.82) is 0 Å². The summed E-state index contributed by atoms with van der Waals surface area (Å²) in [5, 5.41) is 6.78. The second kappa shape index (κ2) is 12.7. The first-order valence-corrected chi connectivity index (χ1v) is 9.69. The fourth-order valence-electron chi connectivity index (χ4n) is 3.75. The van der Waals surface area contributed by atoms with E-state index in [0.717, 1.165) is 5.56 Å². The zero-order valence-electron chi connectivity index (χ0n) is 19.8. The van der Waals surface area contributed by atoms with E-state index in [1.807, 2.05) is 14.1 Å². The van der Waals surface area contributed by atoms with E-state index in [9.17, 15) is 18.0 Å². The third-order valence-corrected chi connectivity index (χ3v) is 5.33. The van der Waals surface area contributed by atoms with E-state index in [2.05, 4.69) is 20.1 Å². The molecular formula is C24H30F3FmN5O-2. The quantitative estimate of drug-likeness (QED) is 0.407. The van der Waals surface area contributed by atoms with Crippen LogP contribution >= 0.6 is 0 Å². The number of alkyl halides is 1. The summed E-state index contributed by atoms with van der Waals surface area (Å²) in [6, 6.07) is 12.3. The van der Waals surface area contributed by atoms with Gasteiger partial charge in [-0.3, -0.25) is 14.3 Å². The van der Waals surface area contributed by atoms with Crippen LogP contribution in [-0.4, -0.2) is 71.3 Å². The second-order valence-electron chi connectivity index (χ2n) is 7.41. The molecule has 1 saturated heterocycles. The normalized spacial score (nSPS) is 16.5. The number of amides is 1. The molecule has 3 aromatic rings. The summed E-state index contributed by atoms with van der Waals surface area (Å²) >= 11 is 0. The van der Waals surface area contributed by atoms with E-state index in [-0.39, 0.29) is 50.2 Å². The Balaban J connectivity index is 0.00000212. The van der Waals surface area contributed by atoms with Gasteiger partial charge in [-0.2, -0.15) is 5.10 Å². The molecule has 2 unspecified atom stereocenters. The van der Waals surface area contributed by atoms with E-state index in [1.54, 1.807) is 29.2 Å². The third-order valence-electron chi connectivity index (χ3n) is 5.33. The molecule has 2 aromatic carbocycles. The molecule has 0 spiro atoms. The van der Waals surface area contributed by atoms with Crippen LogP contribution in [0.2, 0.25) is 0 Å². The van der Waals surface area contributed by atoms with Crippen molar-refractivity contribution >= 4 is 5.91 Å². The van der Waals surface area contributed by atoms with Crippen molar-refractivity contribution in [3.63, 3.8) is 0 Å². The van der Waals surface area contributed by atoms with Gasteiger partial charge in [0.15, 0.2) is 5.82 Å². The van der Waals surface area contributed by atoms with Crippen LogP contribution in [0.5, 0.6) is 0 Å². The number of rotatable bonds is 4. The maximum Gasteiger partial charge on any atom is 0.291 e. The van der Waals surface area contributed by atoms with Gasteiger partial charge in [0.05, 0.1) is 7.18 Å². The van der Waals surface area contributed by atoms with Crippen LogP contribution in [0.4, 0.5) is 13.2 Å². The molecule has 34 heavy (non-hydrogen) atoms. The summed E-state index contributed by atoms with van der Waals surface area (Å²) in [5.74, 6) is -0.333. The van der Waals surface area contributed by atoms with Gasteiger partial charge in [0.1, 0.15) is 11.6 Å². The molecule has 1 aromatic heterocycles. The molecule has 6 nitrogen and oxygen atoms in total. The summed E-state index contributed by atoms with van der Waals surface area (Å²) in [6.45, 7) is 1.03. The van der Waals surface area contributed by atoms with E-state index >= 15 is 0 Å². The molecule has 1 N–H and O–H groups in total. The molecule has 2 atom stereocenters. The van der Waals surface area contributed by atoms with Crippen molar-refractivity contribution in [2.45, 2.75) is 12.0 Å². The van der Waals surface area contributed by atoms with Crippen LogP contribution < -0.4 is 0 Å². The minimum atomic E-state index is -0.348. The Morgan fingerprint density at radius 2 is 1.50 bits per heavy atom. The van der Waals surface area contributed by atoms with Gasteiger partial charge in [0, 0.05) is 30.6 Å². The predicted molar refractivity (Wildman–Crippen MR) is 124 cm³/mol. The summed E-state index contributed by atoms with van der Waals surface area (Å²) in [4.78, 5) is 21.1. The maximum absolute atomic E-state index is 13.3. The first kappa shape index (κ1) is 29.8. The zero-order valence-corrected chi connectivity index (χ0v) is 22.2. The minimum Gasteiger partial charge on any atom is -0.358 e. The number of carbonyl (C=O) groups excluding carboxylic acids is 1. The van der Waals surface area contributed by atoms with Gasteiger partial charge in [0.2, 0.25) is 5.82 Å². The van der Waals surface area contributed by atoms with Crippen molar-refractivity contribution in [2.24, 2.45) is 0 Å². The molecule has 1 amide bonds. The standard InChI is InChI=1S/C21H21F2N5O.CH3F.2CH3.Fm/c1-27(2)18-12-28(11-17(18)13-3-7-15(22)8-4-13)21(29)20-24-19(25-26-20)14-5-9-16(23)10-6-14;1-2;;;/h3-10,17-18H,11-12H2,1-2H3,(H,24,25,26);1H3;2*1H3;/q;;2*-1;. The van der Waals surface area contributed by atoms with E-state index in [1.165, 1.54) is 24.3 Å². The number of carbonyl (C=O) groups is 1. The fraction of sp³-hybridized carbons (Fsp3) is 0.292. The topological polar surface area (TPSA) is 65.1 Å². The van der Waals surface area contributed by atoms with E-state index in [0.29, 0.717) is 31.7 Å². The smallest absolute Gasteiger partial charge is 0.291 e. The number of benzene rings is 2. The Kier molecular flexibility index (Phi) is 11.2. The second-order valence-corrected chi connectivity index (χ2v) is 7.41. The molecule has 1 aliphatic rings. The van der Waals surface area contributed by atoms with E-state index in [4.69, 9.17) is 0 Å². The van der Waals surface area contributed by atoms with Gasteiger partial charge >= 0.3 is 0 Å². The number of hydrogen-bond acceptors (Lipinski definition) is 4. The Labute approximate surface area is 193 Å². The maximum atomic E-state index is 13.3. The molecule has 10 heteroatoms. The van der Waals surface area contributed by atoms with Crippen molar-refractivity contribution in [3.05, 3.63) is 86.4 Å². The largest absolute Gasteiger partial charge is 0.358 e. The number of aromatic nitrogens is 3. The summed E-state index contributed by atoms with van der Waals surface area (Å²) in [5.41, 5.74) is 1.61. The van der Waals surface area contributed by atoms with Gasteiger partial charge in [-0.25, -0.2) is 13.8 Å². The number of nitrogens with one attached hydrogen (secondary N) is 1. The zero-order chi connectivity index (χ0) is 22.5. The number of aromatic amines is 1. The molecule has 192 valence electrons. The molecule has 0 aliphatic carbocycles. The number of H-pyrrole nitrogens is 1. The molecule has 0 saturated carbocycles. The van der Waals surface area contributed by atoms with Crippen LogP contribution in [0.1, 0.15) is 22.1 Å². The first-order valence-electron chi connectivity index (χ1n) is 9.69. The third kappa shape index (κ3) is 6.19. The molecule has 0 bridgehead atoms. The average molecular weight is 719 g/mol. The fourth-order valence-corrected chi connectivity index (χ4v) is 3.75. The average Bonchev–Trinajstić information content (AvgIpc) is 3.44.